The van der Waals surface area contributed by atoms with E-state index in [9.17, 15) is 4.79 Å². The normalized spacial score (nSPS) is 24.7. The summed E-state index contributed by atoms with van der Waals surface area (Å²) in [6.45, 7) is 0.985. The first-order valence-corrected chi connectivity index (χ1v) is 8.22. The number of nitrogens with zero attached hydrogens (tertiary/aromatic N) is 1. The molecule has 3 rings (SSSR count). The van der Waals surface area contributed by atoms with Gasteiger partial charge in [0, 0.05) is 17.8 Å². The Balaban J connectivity index is 1.61. The highest BCUT2D eigenvalue weighted by atomic mass is 35.5. The number of hydrogen-bond acceptors (Lipinski definition) is 3. The first kappa shape index (κ1) is 14.8. The highest BCUT2D eigenvalue weighted by Crippen LogP contribution is 2.34. The van der Waals surface area contributed by atoms with Crippen molar-refractivity contribution < 1.29 is 4.79 Å². The molecular formula is C16H22ClN3O. The van der Waals surface area contributed by atoms with Crippen LogP contribution in [0.2, 0.25) is 5.02 Å². The van der Waals surface area contributed by atoms with Crippen LogP contribution in [0.5, 0.6) is 0 Å². The number of carbonyl (C=O) groups excluding carboxylic acids is 1. The first-order chi connectivity index (χ1) is 10.2. The van der Waals surface area contributed by atoms with Gasteiger partial charge in [-0.05, 0) is 44.4 Å². The van der Waals surface area contributed by atoms with Gasteiger partial charge in [-0.3, -0.25) is 4.79 Å². The van der Waals surface area contributed by atoms with Crippen LogP contribution in [-0.2, 0) is 0 Å². The van der Waals surface area contributed by atoms with Crippen molar-refractivity contribution in [2.24, 2.45) is 0 Å². The SMILES string of the molecule is O=C(NC1CCNC2(CCCCC2)C1)c1ccc(Cl)cn1. The molecular weight excluding hydrogens is 286 g/mol. The van der Waals surface area contributed by atoms with E-state index < -0.39 is 0 Å². The third-order valence-electron chi connectivity index (χ3n) is 4.74. The van der Waals surface area contributed by atoms with E-state index >= 15 is 0 Å². The molecule has 1 saturated heterocycles. The lowest BCUT2D eigenvalue weighted by Crippen LogP contribution is -2.57. The minimum atomic E-state index is -0.0930. The van der Waals surface area contributed by atoms with Crippen molar-refractivity contribution in [3.63, 3.8) is 0 Å². The number of pyridine rings is 1. The van der Waals surface area contributed by atoms with Gasteiger partial charge in [-0.15, -0.1) is 0 Å². The van der Waals surface area contributed by atoms with Crippen molar-refractivity contribution in [2.75, 3.05) is 6.54 Å². The van der Waals surface area contributed by atoms with Crippen LogP contribution in [-0.4, -0.2) is 29.0 Å². The zero-order chi connectivity index (χ0) is 14.7. The number of piperidine rings is 1. The Morgan fingerprint density at radius 3 is 2.86 bits per heavy atom. The topological polar surface area (TPSA) is 54.0 Å². The van der Waals surface area contributed by atoms with Crippen LogP contribution >= 0.6 is 11.6 Å². The Morgan fingerprint density at radius 1 is 1.33 bits per heavy atom. The molecule has 1 amide bonds. The molecule has 1 saturated carbocycles. The van der Waals surface area contributed by atoms with Crippen molar-refractivity contribution in [1.82, 2.24) is 15.6 Å². The van der Waals surface area contributed by atoms with Crippen molar-refractivity contribution in [1.29, 1.82) is 0 Å². The maximum atomic E-state index is 12.3. The molecule has 1 unspecified atom stereocenters. The summed E-state index contributed by atoms with van der Waals surface area (Å²) in [6, 6.07) is 3.62. The maximum Gasteiger partial charge on any atom is 0.270 e. The zero-order valence-corrected chi connectivity index (χ0v) is 13.0. The van der Waals surface area contributed by atoms with Crippen LogP contribution in [0, 0.1) is 0 Å². The highest BCUT2D eigenvalue weighted by molar-refractivity contribution is 6.30. The summed E-state index contributed by atoms with van der Waals surface area (Å²) in [5.41, 5.74) is 0.692. The van der Waals surface area contributed by atoms with Gasteiger partial charge in [0.25, 0.3) is 5.91 Å². The quantitative estimate of drug-likeness (QED) is 0.883. The van der Waals surface area contributed by atoms with E-state index in [4.69, 9.17) is 11.6 Å². The van der Waals surface area contributed by atoms with E-state index in [2.05, 4.69) is 15.6 Å². The molecule has 1 aliphatic carbocycles. The summed E-state index contributed by atoms with van der Waals surface area (Å²) in [7, 11) is 0. The molecule has 1 aromatic heterocycles. The molecule has 0 aromatic carbocycles. The number of hydrogen-bond donors (Lipinski definition) is 2. The molecule has 2 N–H and O–H groups in total. The number of halogens is 1. The van der Waals surface area contributed by atoms with Crippen LogP contribution in [0.1, 0.15) is 55.4 Å². The van der Waals surface area contributed by atoms with Crippen molar-refractivity contribution in [3.05, 3.63) is 29.0 Å². The number of nitrogens with one attached hydrogen (secondary N) is 2. The molecule has 114 valence electrons. The molecule has 2 fully saturated rings. The lowest BCUT2D eigenvalue weighted by Gasteiger charge is -2.44. The van der Waals surface area contributed by atoms with E-state index in [1.807, 2.05) is 0 Å². The van der Waals surface area contributed by atoms with Gasteiger partial charge in [-0.2, -0.15) is 0 Å². The van der Waals surface area contributed by atoms with Gasteiger partial charge in [0.05, 0.1) is 5.02 Å². The van der Waals surface area contributed by atoms with Gasteiger partial charge in [-0.1, -0.05) is 30.9 Å². The monoisotopic (exact) mass is 307 g/mol. The van der Waals surface area contributed by atoms with E-state index in [0.29, 0.717) is 10.7 Å². The molecule has 21 heavy (non-hydrogen) atoms. The lowest BCUT2D eigenvalue weighted by atomic mass is 9.75. The molecule has 5 heteroatoms. The average Bonchev–Trinajstić information content (AvgIpc) is 2.49. The Hall–Kier alpha value is -1.13. The standard InChI is InChI=1S/C16H22ClN3O/c17-12-4-5-14(18-11-12)15(21)20-13-6-9-19-16(10-13)7-2-1-3-8-16/h4-5,11,13,19H,1-3,6-10H2,(H,20,21). The molecule has 1 atom stereocenters. The fourth-order valence-corrected chi connectivity index (χ4v) is 3.77. The largest absolute Gasteiger partial charge is 0.348 e. The maximum absolute atomic E-state index is 12.3. The van der Waals surface area contributed by atoms with E-state index in [1.54, 1.807) is 12.1 Å². The van der Waals surface area contributed by atoms with Crippen molar-refractivity contribution >= 4 is 17.5 Å². The molecule has 1 spiro atoms. The summed E-state index contributed by atoms with van der Waals surface area (Å²) < 4.78 is 0. The second kappa shape index (κ2) is 6.32. The smallest absolute Gasteiger partial charge is 0.270 e. The number of amides is 1. The zero-order valence-electron chi connectivity index (χ0n) is 12.2. The van der Waals surface area contributed by atoms with Crippen molar-refractivity contribution in [3.8, 4) is 0 Å². The van der Waals surface area contributed by atoms with Crippen molar-refractivity contribution in [2.45, 2.75) is 56.5 Å². The number of aromatic nitrogens is 1. The summed E-state index contributed by atoms with van der Waals surface area (Å²) in [4.78, 5) is 16.3. The molecule has 4 nitrogen and oxygen atoms in total. The van der Waals surface area contributed by atoms with Gasteiger partial charge in [0.2, 0.25) is 0 Å². The Morgan fingerprint density at radius 2 is 2.14 bits per heavy atom. The van der Waals surface area contributed by atoms with E-state index in [-0.39, 0.29) is 17.5 Å². The molecule has 0 bridgehead atoms. The van der Waals surface area contributed by atoms with Crippen LogP contribution in [0.15, 0.2) is 18.3 Å². The third-order valence-corrected chi connectivity index (χ3v) is 4.96. The molecule has 1 aromatic rings. The number of rotatable bonds is 2. The minimum absolute atomic E-state index is 0.0930. The lowest BCUT2D eigenvalue weighted by molar-refractivity contribution is 0.0888. The average molecular weight is 308 g/mol. The fraction of sp³-hybridized carbons (Fsp3) is 0.625. The van der Waals surface area contributed by atoms with E-state index in [1.165, 1.54) is 38.3 Å². The summed E-state index contributed by atoms with van der Waals surface area (Å²) in [6.07, 6.45) is 9.94. The van der Waals surface area contributed by atoms with Gasteiger partial charge in [0.15, 0.2) is 0 Å². The second-order valence-electron chi connectivity index (χ2n) is 6.29. The third kappa shape index (κ3) is 3.55. The van der Waals surface area contributed by atoms with Gasteiger partial charge < -0.3 is 10.6 Å². The predicted molar refractivity (Wildman–Crippen MR) is 83.6 cm³/mol. The molecule has 0 radical (unpaired) electrons. The molecule has 2 heterocycles. The Bertz CT molecular complexity index is 491. The first-order valence-electron chi connectivity index (χ1n) is 7.84. The summed E-state index contributed by atoms with van der Waals surface area (Å²) in [5, 5.41) is 7.39. The molecule has 1 aliphatic heterocycles. The van der Waals surface area contributed by atoms with Crippen LogP contribution < -0.4 is 10.6 Å². The summed E-state index contributed by atoms with van der Waals surface area (Å²) in [5.74, 6) is -0.0930. The van der Waals surface area contributed by atoms with Gasteiger partial charge in [-0.25, -0.2) is 4.98 Å². The Labute approximate surface area is 130 Å². The Kier molecular flexibility index (Phi) is 4.45. The van der Waals surface area contributed by atoms with Gasteiger partial charge >= 0.3 is 0 Å². The van der Waals surface area contributed by atoms with Crippen LogP contribution in [0.4, 0.5) is 0 Å². The predicted octanol–water partition coefficient (Wildman–Crippen LogP) is 2.92. The van der Waals surface area contributed by atoms with Gasteiger partial charge in [0.1, 0.15) is 5.69 Å². The summed E-state index contributed by atoms with van der Waals surface area (Å²) >= 11 is 5.80. The molecule has 2 aliphatic rings. The van der Waals surface area contributed by atoms with Crippen LogP contribution in [0.25, 0.3) is 0 Å². The number of carbonyl (C=O) groups is 1. The highest BCUT2D eigenvalue weighted by Gasteiger charge is 2.37. The fourth-order valence-electron chi connectivity index (χ4n) is 3.66. The second-order valence-corrected chi connectivity index (χ2v) is 6.73. The minimum Gasteiger partial charge on any atom is -0.348 e. The van der Waals surface area contributed by atoms with Crippen LogP contribution in [0.3, 0.4) is 0 Å². The van der Waals surface area contributed by atoms with E-state index in [0.717, 1.165) is 19.4 Å².